The van der Waals surface area contributed by atoms with Crippen LogP contribution in [0.3, 0.4) is 0 Å². The van der Waals surface area contributed by atoms with E-state index in [1.54, 1.807) is 26.2 Å². The zero-order valence-corrected chi connectivity index (χ0v) is 23.0. The van der Waals surface area contributed by atoms with Crippen molar-refractivity contribution in [3.8, 4) is 0 Å². The predicted octanol–water partition coefficient (Wildman–Crippen LogP) is 1.60. The SMILES string of the molecule is COC1OC[C@]23[C@@H](O)C[C@@H](O)[C@@]1(C)[C@@H]2C[C@@H](O)[C@@]1(C)[C@@H]2C(=O)C[C@@H](c4ccoc4)[C@]2(C)[C@@H](OC(C)=O)C(=O)[C@@H]13. The second-order valence-electron chi connectivity index (χ2n) is 13.2. The first kappa shape index (κ1) is 27.1. The van der Waals surface area contributed by atoms with Gasteiger partial charge in [0.15, 0.2) is 18.2 Å². The molecule has 6 rings (SSSR count). The van der Waals surface area contributed by atoms with E-state index in [1.807, 2.05) is 6.92 Å². The number of carbonyl (C=O) groups excluding carboxylic acids is 3. The maximum Gasteiger partial charge on any atom is 0.303 e. The zero-order valence-electron chi connectivity index (χ0n) is 23.0. The Hall–Kier alpha value is -2.11. The van der Waals surface area contributed by atoms with Gasteiger partial charge >= 0.3 is 5.97 Å². The van der Waals surface area contributed by atoms with Crippen LogP contribution < -0.4 is 0 Å². The lowest BCUT2D eigenvalue weighted by molar-refractivity contribution is -0.375. The van der Waals surface area contributed by atoms with Crippen LogP contribution in [0.5, 0.6) is 0 Å². The van der Waals surface area contributed by atoms with Crippen LogP contribution in [-0.4, -0.2) is 77.3 Å². The molecular formula is C29H38O10. The van der Waals surface area contributed by atoms with Crippen molar-refractivity contribution >= 4 is 17.5 Å². The van der Waals surface area contributed by atoms with E-state index in [9.17, 15) is 29.7 Å². The fourth-order valence-electron chi connectivity index (χ4n) is 10.3. The third-order valence-corrected chi connectivity index (χ3v) is 11.8. The summed E-state index contributed by atoms with van der Waals surface area (Å²) < 4.78 is 22.9. The molecule has 13 atom stereocenters. The van der Waals surface area contributed by atoms with Crippen molar-refractivity contribution in [3.63, 3.8) is 0 Å². The minimum Gasteiger partial charge on any atom is -0.472 e. The third-order valence-electron chi connectivity index (χ3n) is 11.8. The number of rotatable bonds is 3. The van der Waals surface area contributed by atoms with E-state index in [4.69, 9.17) is 18.6 Å². The predicted molar refractivity (Wildman–Crippen MR) is 133 cm³/mol. The van der Waals surface area contributed by atoms with E-state index in [-0.39, 0.29) is 31.7 Å². The Bertz CT molecular complexity index is 1200. The Balaban J connectivity index is 1.59. The lowest BCUT2D eigenvalue weighted by Gasteiger charge is -2.72. The van der Waals surface area contributed by atoms with Crippen molar-refractivity contribution in [2.75, 3.05) is 13.7 Å². The molecule has 5 aliphatic rings. The molecule has 4 saturated carbocycles. The molecule has 2 bridgehead atoms. The molecule has 1 unspecified atom stereocenters. The maximum atomic E-state index is 14.9. The van der Waals surface area contributed by atoms with Gasteiger partial charge in [0.05, 0.1) is 37.4 Å². The van der Waals surface area contributed by atoms with Crippen LogP contribution in [0.15, 0.2) is 23.0 Å². The third kappa shape index (κ3) is 3.02. The number of esters is 1. The Morgan fingerprint density at radius 2 is 1.69 bits per heavy atom. The summed E-state index contributed by atoms with van der Waals surface area (Å²) in [7, 11) is 1.48. The summed E-state index contributed by atoms with van der Waals surface area (Å²) >= 11 is 0. The van der Waals surface area contributed by atoms with Gasteiger partial charge in [-0.05, 0) is 24.0 Å². The van der Waals surface area contributed by atoms with Crippen LogP contribution in [0.4, 0.5) is 0 Å². The van der Waals surface area contributed by atoms with Crippen molar-refractivity contribution in [3.05, 3.63) is 24.2 Å². The normalized spacial score (nSPS) is 52.6. The quantitative estimate of drug-likeness (QED) is 0.477. The number of carbonyl (C=O) groups is 3. The van der Waals surface area contributed by atoms with Gasteiger partial charge in [-0.3, -0.25) is 14.4 Å². The summed E-state index contributed by atoms with van der Waals surface area (Å²) in [6.07, 6.45) is -2.14. The van der Waals surface area contributed by atoms with Gasteiger partial charge < -0.3 is 33.9 Å². The number of aliphatic hydroxyl groups excluding tert-OH is 3. The molecule has 1 aromatic rings. The molecule has 10 heteroatoms. The Morgan fingerprint density at radius 1 is 1.00 bits per heavy atom. The lowest BCUT2D eigenvalue weighted by Crippen LogP contribution is -2.80. The van der Waals surface area contributed by atoms with E-state index in [0.29, 0.717) is 0 Å². The van der Waals surface area contributed by atoms with E-state index in [0.717, 1.165) is 5.56 Å². The Morgan fingerprint density at radius 3 is 2.31 bits per heavy atom. The molecule has 1 aliphatic heterocycles. The summed E-state index contributed by atoms with van der Waals surface area (Å²) in [5.41, 5.74) is -4.00. The summed E-state index contributed by atoms with van der Waals surface area (Å²) in [6.45, 7) is 6.55. The number of furan rings is 1. The highest BCUT2D eigenvalue weighted by atomic mass is 16.7. The highest BCUT2D eigenvalue weighted by Crippen LogP contribution is 2.75. The summed E-state index contributed by atoms with van der Waals surface area (Å²) in [5.74, 6) is -4.20. The molecule has 3 N–H and O–H groups in total. The smallest absolute Gasteiger partial charge is 0.303 e. The van der Waals surface area contributed by atoms with E-state index in [1.165, 1.54) is 20.3 Å². The molecule has 1 aromatic heterocycles. The van der Waals surface area contributed by atoms with Crippen molar-refractivity contribution in [1.82, 2.24) is 0 Å². The molecule has 0 radical (unpaired) electrons. The Kier molecular flexibility index (Phi) is 5.87. The molecule has 0 aromatic carbocycles. The van der Waals surface area contributed by atoms with Crippen LogP contribution in [0.1, 0.15) is 58.4 Å². The number of Topliss-reactive ketones (excluding diaryl/α,β-unsaturated/α-hetero) is 2. The largest absolute Gasteiger partial charge is 0.472 e. The first-order valence-electron chi connectivity index (χ1n) is 13.7. The van der Waals surface area contributed by atoms with Crippen molar-refractivity contribution < 1.29 is 48.3 Å². The van der Waals surface area contributed by atoms with Gasteiger partial charge in [-0.2, -0.15) is 0 Å². The zero-order chi connectivity index (χ0) is 28.3. The van der Waals surface area contributed by atoms with Crippen LogP contribution in [0.2, 0.25) is 0 Å². The first-order valence-corrected chi connectivity index (χ1v) is 13.7. The molecule has 4 aliphatic carbocycles. The van der Waals surface area contributed by atoms with Crippen molar-refractivity contribution in [2.45, 2.75) is 83.6 Å². The number of hydrogen-bond donors (Lipinski definition) is 3. The molecule has 10 nitrogen and oxygen atoms in total. The average Bonchev–Trinajstić information content (AvgIpc) is 3.48. The van der Waals surface area contributed by atoms with Gasteiger partial charge in [0.25, 0.3) is 0 Å². The van der Waals surface area contributed by atoms with Gasteiger partial charge in [-0.25, -0.2) is 0 Å². The molecule has 5 fully saturated rings. The number of methoxy groups -OCH3 is 1. The minimum absolute atomic E-state index is 0.0159. The standard InChI is InChI=1S/C29H38O10/c1-13(30)39-24-21(35)23-28(4,22-16(31)8-15(26(22,24)2)14-6-7-37-11-14)18(32)9-17-27(3)19(33)10-20(34)29(17,23)12-38-25(27)36-5/h6-7,11,15,17-20,22-25,32-34H,8-10,12H2,1-5H3/t15-,17-,18+,19+,20-,22+,23-,24-,25?,26-,27+,28-,29+/m0/s1. The van der Waals surface area contributed by atoms with Crippen LogP contribution >= 0.6 is 0 Å². The van der Waals surface area contributed by atoms with Gasteiger partial charge in [0, 0.05) is 66.3 Å². The average molecular weight is 547 g/mol. The molecule has 1 saturated heterocycles. The number of ketones is 2. The number of fused-ring (bicyclic) bond motifs is 3. The fourth-order valence-corrected chi connectivity index (χ4v) is 10.3. The second-order valence-corrected chi connectivity index (χ2v) is 13.2. The lowest BCUT2D eigenvalue weighted by atomic mass is 9.33. The molecule has 0 spiro atoms. The number of ether oxygens (including phenoxy) is 3. The Labute approximate surface area is 227 Å². The molecule has 214 valence electrons. The van der Waals surface area contributed by atoms with Crippen molar-refractivity contribution in [1.29, 1.82) is 0 Å². The highest BCUT2D eigenvalue weighted by Gasteiger charge is 2.82. The van der Waals surface area contributed by atoms with Gasteiger partial charge in [0.1, 0.15) is 5.78 Å². The molecular weight excluding hydrogens is 508 g/mol. The van der Waals surface area contributed by atoms with E-state index < -0.39 is 87.8 Å². The van der Waals surface area contributed by atoms with Crippen LogP contribution in [0, 0.1) is 39.4 Å². The summed E-state index contributed by atoms with van der Waals surface area (Å²) in [6, 6.07) is 1.75. The monoisotopic (exact) mass is 546 g/mol. The topological polar surface area (TPSA) is 153 Å². The molecule has 39 heavy (non-hydrogen) atoms. The highest BCUT2D eigenvalue weighted by molar-refractivity contribution is 5.97. The van der Waals surface area contributed by atoms with E-state index in [2.05, 4.69) is 0 Å². The van der Waals surface area contributed by atoms with Gasteiger partial charge in [-0.15, -0.1) is 0 Å². The first-order chi connectivity index (χ1) is 18.3. The number of aliphatic hydroxyl groups is 3. The van der Waals surface area contributed by atoms with Gasteiger partial charge in [0.2, 0.25) is 0 Å². The summed E-state index contributed by atoms with van der Waals surface area (Å²) in [5, 5.41) is 35.0. The minimum atomic E-state index is -1.30. The van der Waals surface area contributed by atoms with E-state index >= 15 is 0 Å². The molecule has 2 heterocycles. The summed E-state index contributed by atoms with van der Waals surface area (Å²) in [4.78, 5) is 41.4. The van der Waals surface area contributed by atoms with Crippen LogP contribution in [0.25, 0.3) is 0 Å². The maximum absolute atomic E-state index is 14.9. The fraction of sp³-hybridized carbons (Fsp3) is 0.759. The number of hydrogen-bond acceptors (Lipinski definition) is 10. The van der Waals surface area contributed by atoms with Crippen molar-refractivity contribution in [2.24, 2.45) is 39.4 Å². The molecule has 0 amide bonds. The second kappa shape index (κ2) is 8.45. The van der Waals surface area contributed by atoms with Crippen LogP contribution in [-0.2, 0) is 28.6 Å². The van der Waals surface area contributed by atoms with Gasteiger partial charge in [-0.1, -0.05) is 20.8 Å².